The third-order valence-electron chi connectivity index (χ3n) is 3.61. The highest BCUT2D eigenvalue weighted by Crippen LogP contribution is 2.19. The van der Waals surface area contributed by atoms with Crippen molar-refractivity contribution in [2.75, 3.05) is 19.8 Å². The maximum Gasteiger partial charge on any atom is 0.251 e. The topological polar surface area (TPSA) is 47.6 Å². The molecule has 1 heterocycles. The summed E-state index contributed by atoms with van der Waals surface area (Å²) in [6, 6.07) is 17.7. The predicted octanol–water partition coefficient (Wildman–Crippen LogP) is 2.85. The van der Waals surface area contributed by atoms with Gasteiger partial charge in [0.25, 0.3) is 5.91 Å². The Bertz CT molecular complexity index is 604. The summed E-state index contributed by atoms with van der Waals surface area (Å²) in [4.78, 5) is 12.1. The van der Waals surface area contributed by atoms with Crippen LogP contribution in [0.3, 0.4) is 0 Å². The molecular weight excluding hydrogens is 278 g/mol. The van der Waals surface area contributed by atoms with Crippen LogP contribution < -0.4 is 5.32 Å². The van der Waals surface area contributed by atoms with Gasteiger partial charge < -0.3 is 14.8 Å². The first-order valence-electron chi connectivity index (χ1n) is 7.50. The van der Waals surface area contributed by atoms with Gasteiger partial charge in [-0.2, -0.15) is 0 Å². The van der Waals surface area contributed by atoms with Crippen molar-refractivity contribution < 1.29 is 14.3 Å². The second kappa shape index (κ2) is 7.20. The number of amides is 1. The van der Waals surface area contributed by atoms with Crippen molar-refractivity contribution in [1.82, 2.24) is 5.32 Å². The summed E-state index contributed by atoms with van der Waals surface area (Å²) in [6.07, 6.45) is 0.495. The van der Waals surface area contributed by atoms with Gasteiger partial charge in [-0.3, -0.25) is 4.79 Å². The summed E-state index contributed by atoms with van der Waals surface area (Å²) in [5, 5.41) is 2.89. The van der Waals surface area contributed by atoms with Crippen molar-refractivity contribution >= 4 is 5.91 Å². The molecule has 2 aromatic carbocycles. The van der Waals surface area contributed by atoms with Gasteiger partial charge in [0.1, 0.15) is 0 Å². The van der Waals surface area contributed by atoms with Crippen LogP contribution in [0.5, 0.6) is 0 Å². The minimum absolute atomic E-state index is 0.0717. The molecule has 1 amide bonds. The summed E-state index contributed by atoms with van der Waals surface area (Å²) >= 11 is 0. The van der Waals surface area contributed by atoms with Crippen LogP contribution >= 0.6 is 0 Å². The Morgan fingerprint density at radius 2 is 1.59 bits per heavy atom. The second-order valence-electron chi connectivity index (χ2n) is 5.16. The fourth-order valence-electron chi connectivity index (χ4n) is 2.42. The third-order valence-corrected chi connectivity index (χ3v) is 3.61. The van der Waals surface area contributed by atoms with Crippen molar-refractivity contribution in [2.24, 2.45) is 0 Å². The molecule has 0 radical (unpaired) electrons. The van der Waals surface area contributed by atoms with Gasteiger partial charge in [-0.1, -0.05) is 42.5 Å². The number of hydrogen-bond acceptors (Lipinski definition) is 3. The van der Waals surface area contributed by atoms with Gasteiger partial charge in [0.2, 0.25) is 0 Å². The molecule has 1 aliphatic heterocycles. The summed E-state index contributed by atoms with van der Waals surface area (Å²) < 4.78 is 10.7. The summed E-state index contributed by atoms with van der Waals surface area (Å²) in [7, 11) is 0. The Hall–Kier alpha value is -2.17. The number of nitrogens with one attached hydrogen (secondary N) is 1. The number of carbonyl (C=O) groups excluding carboxylic acids is 1. The average molecular weight is 297 g/mol. The van der Waals surface area contributed by atoms with Crippen LogP contribution in [0.25, 0.3) is 11.1 Å². The fourth-order valence-corrected chi connectivity index (χ4v) is 2.42. The van der Waals surface area contributed by atoms with Crippen molar-refractivity contribution in [3.8, 4) is 11.1 Å². The fraction of sp³-hybridized carbons (Fsp3) is 0.278. The first kappa shape index (κ1) is 14.8. The molecule has 0 aromatic heterocycles. The van der Waals surface area contributed by atoms with Gasteiger partial charge >= 0.3 is 0 Å². The molecule has 1 N–H and O–H groups in total. The lowest BCUT2D eigenvalue weighted by atomic mass is 10.0. The largest absolute Gasteiger partial charge is 0.352 e. The number of benzene rings is 2. The van der Waals surface area contributed by atoms with E-state index in [1.54, 1.807) is 0 Å². The molecule has 2 aromatic rings. The molecule has 3 rings (SSSR count). The van der Waals surface area contributed by atoms with Gasteiger partial charge in [-0.15, -0.1) is 0 Å². The lowest BCUT2D eigenvalue weighted by Gasteiger charge is -2.10. The molecule has 114 valence electrons. The Morgan fingerprint density at radius 1 is 0.955 bits per heavy atom. The van der Waals surface area contributed by atoms with E-state index in [1.807, 2.05) is 42.5 Å². The van der Waals surface area contributed by atoms with E-state index in [0.717, 1.165) is 11.1 Å². The molecule has 0 aliphatic carbocycles. The van der Waals surface area contributed by atoms with Crippen molar-refractivity contribution in [1.29, 1.82) is 0 Å². The van der Waals surface area contributed by atoms with Crippen LogP contribution in [0.4, 0.5) is 0 Å². The van der Waals surface area contributed by atoms with Gasteiger partial charge in [0.15, 0.2) is 6.29 Å². The molecular formula is C18H19NO3. The molecule has 0 bridgehead atoms. The van der Waals surface area contributed by atoms with Crippen molar-refractivity contribution in [2.45, 2.75) is 12.7 Å². The number of rotatable bonds is 5. The number of hydrogen-bond donors (Lipinski definition) is 1. The van der Waals surface area contributed by atoms with E-state index in [0.29, 0.717) is 31.7 Å². The Morgan fingerprint density at radius 3 is 2.27 bits per heavy atom. The first-order chi connectivity index (χ1) is 10.8. The third kappa shape index (κ3) is 3.72. The molecule has 0 atom stereocenters. The molecule has 4 nitrogen and oxygen atoms in total. The van der Waals surface area contributed by atoms with E-state index in [-0.39, 0.29) is 12.2 Å². The van der Waals surface area contributed by atoms with Gasteiger partial charge in [-0.25, -0.2) is 0 Å². The number of carbonyl (C=O) groups is 1. The maximum absolute atomic E-state index is 12.1. The lowest BCUT2D eigenvalue weighted by Crippen LogP contribution is -2.27. The van der Waals surface area contributed by atoms with E-state index in [2.05, 4.69) is 17.4 Å². The zero-order chi connectivity index (χ0) is 15.2. The maximum atomic E-state index is 12.1. The highest BCUT2D eigenvalue weighted by atomic mass is 16.7. The zero-order valence-electron chi connectivity index (χ0n) is 12.3. The van der Waals surface area contributed by atoms with Crippen LogP contribution in [0.15, 0.2) is 54.6 Å². The molecule has 1 aliphatic rings. The average Bonchev–Trinajstić information content (AvgIpc) is 3.09. The second-order valence-corrected chi connectivity index (χ2v) is 5.16. The summed E-state index contributed by atoms with van der Waals surface area (Å²) in [5.41, 5.74) is 2.91. The van der Waals surface area contributed by atoms with Crippen LogP contribution in [-0.4, -0.2) is 32.0 Å². The van der Waals surface area contributed by atoms with Gasteiger partial charge in [-0.05, 0) is 23.3 Å². The highest BCUT2D eigenvalue weighted by Gasteiger charge is 2.15. The molecule has 1 fully saturated rings. The standard InChI is InChI=1S/C18H19NO3/c20-18(19-11-10-17-21-12-13-22-17)16-8-6-15(7-9-16)14-4-2-1-3-5-14/h1-9,17H,10-13H2,(H,19,20). The van der Waals surface area contributed by atoms with Crippen molar-refractivity contribution in [3.63, 3.8) is 0 Å². The molecule has 0 saturated carbocycles. The first-order valence-corrected chi connectivity index (χ1v) is 7.50. The normalized spacial score (nSPS) is 14.9. The Labute approximate surface area is 130 Å². The molecule has 1 saturated heterocycles. The quantitative estimate of drug-likeness (QED) is 0.923. The molecule has 22 heavy (non-hydrogen) atoms. The van der Waals surface area contributed by atoms with Crippen molar-refractivity contribution in [3.05, 3.63) is 60.2 Å². The highest BCUT2D eigenvalue weighted by molar-refractivity contribution is 5.94. The molecule has 0 unspecified atom stereocenters. The van der Waals surface area contributed by atoms with Crippen LogP contribution in [0.2, 0.25) is 0 Å². The van der Waals surface area contributed by atoms with E-state index < -0.39 is 0 Å². The molecule has 4 heteroatoms. The summed E-state index contributed by atoms with van der Waals surface area (Å²) in [5.74, 6) is -0.0717. The van der Waals surface area contributed by atoms with E-state index in [1.165, 1.54) is 0 Å². The van der Waals surface area contributed by atoms with Gasteiger partial charge in [0.05, 0.1) is 13.2 Å². The van der Waals surface area contributed by atoms with Gasteiger partial charge in [0, 0.05) is 18.5 Å². The minimum Gasteiger partial charge on any atom is -0.352 e. The Kier molecular flexibility index (Phi) is 4.83. The SMILES string of the molecule is O=C(NCCC1OCCO1)c1ccc(-c2ccccc2)cc1. The van der Waals surface area contributed by atoms with E-state index >= 15 is 0 Å². The number of ether oxygens (including phenoxy) is 2. The lowest BCUT2D eigenvalue weighted by molar-refractivity contribution is -0.0455. The smallest absolute Gasteiger partial charge is 0.251 e. The van der Waals surface area contributed by atoms with Crippen LogP contribution in [0, 0.1) is 0 Å². The Balaban J connectivity index is 1.54. The monoisotopic (exact) mass is 297 g/mol. The zero-order valence-corrected chi connectivity index (χ0v) is 12.3. The van der Waals surface area contributed by atoms with E-state index in [9.17, 15) is 4.79 Å². The van der Waals surface area contributed by atoms with Crippen LogP contribution in [0.1, 0.15) is 16.8 Å². The predicted molar refractivity (Wildman–Crippen MR) is 84.5 cm³/mol. The van der Waals surface area contributed by atoms with Crippen LogP contribution in [-0.2, 0) is 9.47 Å². The minimum atomic E-state index is -0.180. The van der Waals surface area contributed by atoms with E-state index in [4.69, 9.17) is 9.47 Å². The summed E-state index contributed by atoms with van der Waals surface area (Å²) in [6.45, 7) is 1.82. The molecule has 0 spiro atoms.